The summed E-state index contributed by atoms with van der Waals surface area (Å²) in [5.41, 5.74) is 1.63. The maximum atomic E-state index is 13.1. The van der Waals surface area contributed by atoms with Crippen molar-refractivity contribution in [1.82, 2.24) is 25.3 Å². The van der Waals surface area contributed by atoms with Crippen LogP contribution in [-0.4, -0.2) is 51.5 Å². The Morgan fingerprint density at radius 1 is 1.16 bits per heavy atom. The van der Waals surface area contributed by atoms with E-state index in [4.69, 9.17) is 0 Å². The van der Waals surface area contributed by atoms with E-state index >= 15 is 0 Å². The van der Waals surface area contributed by atoms with E-state index in [9.17, 15) is 14.4 Å². The number of benzene rings is 1. The fraction of sp³-hybridized carbons (Fsp3) is 0.500. The lowest BCUT2D eigenvalue weighted by Gasteiger charge is -2.21. The molecule has 1 fully saturated rings. The molecule has 1 atom stereocenters. The summed E-state index contributed by atoms with van der Waals surface area (Å²) in [6.45, 7) is 6.17. The van der Waals surface area contributed by atoms with Gasteiger partial charge in [-0.05, 0) is 36.7 Å². The molecule has 1 aromatic carbocycles. The van der Waals surface area contributed by atoms with E-state index in [1.807, 2.05) is 44.2 Å². The predicted octanol–water partition coefficient (Wildman–Crippen LogP) is 2.21. The third-order valence-electron chi connectivity index (χ3n) is 6.03. The molecule has 3 amide bonds. The molecule has 0 spiro atoms. The summed E-state index contributed by atoms with van der Waals surface area (Å²) >= 11 is 0. The lowest BCUT2D eigenvalue weighted by Crippen LogP contribution is -2.50. The lowest BCUT2D eigenvalue weighted by molar-refractivity contribution is -0.124. The van der Waals surface area contributed by atoms with Crippen LogP contribution in [0.25, 0.3) is 0 Å². The monoisotopic (exact) mass is 437 g/mol. The molecule has 170 valence electrons. The Morgan fingerprint density at radius 2 is 1.91 bits per heavy atom. The van der Waals surface area contributed by atoms with Gasteiger partial charge in [-0.3, -0.25) is 19.1 Å². The maximum absolute atomic E-state index is 13.1. The zero-order valence-electron chi connectivity index (χ0n) is 18.7. The van der Waals surface area contributed by atoms with Gasteiger partial charge in [0.25, 0.3) is 11.8 Å². The molecule has 2 aromatic rings. The van der Waals surface area contributed by atoms with E-state index in [0.717, 1.165) is 24.8 Å². The van der Waals surface area contributed by atoms with Gasteiger partial charge in [-0.25, -0.2) is 0 Å². The van der Waals surface area contributed by atoms with Crippen LogP contribution >= 0.6 is 0 Å². The zero-order chi connectivity index (χ0) is 22.7. The summed E-state index contributed by atoms with van der Waals surface area (Å²) in [7, 11) is 0. The Morgan fingerprint density at radius 3 is 2.59 bits per heavy atom. The highest BCUT2D eigenvalue weighted by atomic mass is 16.2. The van der Waals surface area contributed by atoms with Gasteiger partial charge in [0, 0.05) is 32.2 Å². The minimum atomic E-state index is -0.645. The Balaban J connectivity index is 1.45. The van der Waals surface area contributed by atoms with Crippen LogP contribution in [0, 0.1) is 11.8 Å². The number of rotatable bonds is 8. The molecule has 32 heavy (non-hydrogen) atoms. The second-order valence-corrected chi connectivity index (χ2v) is 9.09. The summed E-state index contributed by atoms with van der Waals surface area (Å²) < 4.78 is 1.61. The van der Waals surface area contributed by atoms with Crippen molar-refractivity contribution >= 4 is 17.7 Å². The highest BCUT2D eigenvalue weighted by molar-refractivity contribution is 5.99. The topological polar surface area (TPSA) is 96.3 Å². The SMILES string of the molecule is CC(C)[C@H](NC(=O)c1cc2n(n1)CCCN(Cc1ccccc1)C2=O)C(=O)NCC1CC1. The average molecular weight is 438 g/mol. The van der Waals surface area contributed by atoms with Crippen molar-refractivity contribution in [2.45, 2.75) is 52.2 Å². The van der Waals surface area contributed by atoms with Gasteiger partial charge in [-0.2, -0.15) is 5.10 Å². The van der Waals surface area contributed by atoms with Crippen molar-refractivity contribution in [2.75, 3.05) is 13.1 Å². The van der Waals surface area contributed by atoms with Crippen molar-refractivity contribution in [1.29, 1.82) is 0 Å². The van der Waals surface area contributed by atoms with Crippen LogP contribution in [0.1, 0.15) is 59.7 Å². The molecule has 0 unspecified atom stereocenters. The third kappa shape index (κ3) is 5.18. The summed E-state index contributed by atoms with van der Waals surface area (Å²) in [5, 5.41) is 10.1. The zero-order valence-corrected chi connectivity index (χ0v) is 18.7. The first-order chi connectivity index (χ1) is 15.4. The van der Waals surface area contributed by atoms with Gasteiger partial charge < -0.3 is 15.5 Å². The largest absolute Gasteiger partial charge is 0.354 e. The number of carbonyl (C=O) groups excluding carboxylic acids is 3. The van der Waals surface area contributed by atoms with Crippen LogP contribution in [-0.2, 0) is 17.9 Å². The molecule has 1 saturated carbocycles. The minimum absolute atomic E-state index is 0.0680. The minimum Gasteiger partial charge on any atom is -0.354 e. The smallest absolute Gasteiger partial charge is 0.272 e. The van der Waals surface area contributed by atoms with E-state index in [2.05, 4.69) is 15.7 Å². The van der Waals surface area contributed by atoms with Gasteiger partial charge in [-0.1, -0.05) is 44.2 Å². The normalized spacial score (nSPS) is 17.0. The van der Waals surface area contributed by atoms with Crippen LogP contribution in [0.4, 0.5) is 0 Å². The number of hydrogen-bond acceptors (Lipinski definition) is 4. The standard InChI is InChI=1S/C24H31N5O3/c1-16(2)21(23(31)25-14-17-9-10-17)26-22(30)19-13-20-24(32)28(11-6-12-29(20)27-19)15-18-7-4-3-5-8-18/h3-5,7-8,13,16-17,21H,6,9-12,14-15H2,1-2H3,(H,25,31)(H,26,30)/t21-/m0/s1. The number of aromatic nitrogens is 2. The Hall–Kier alpha value is -3.16. The Labute approximate surface area is 188 Å². The number of carbonyl (C=O) groups is 3. The molecule has 2 N–H and O–H groups in total. The first-order valence-corrected chi connectivity index (χ1v) is 11.4. The molecule has 1 aliphatic carbocycles. The molecule has 2 heterocycles. The van der Waals surface area contributed by atoms with Gasteiger partial charge in [0.05, 0.1) is 0 Å². The molecule has 2 aliphatic rings. The van der Waals surface area contributed by atoms with Crippen LogP contribution in [0.5, 0.6) is 0 Å². The van der Waals surface area contributed by atoms with Gasteiger partial charge in [-0.15, -0.1) is 0 Å². The number of hydrogen-bond donors (Lipinski definition) is 2. The summed E-state index contributed by atoms with van der Waals surface area (Å²) in [4.78, 5) is 40.4. The van der Waals surface area contributed by atoms with Crippen molar-refractivity contribution in [3.63, 3.8) is 0 Å². The van der Waals surface area contributed by atoms with Crippen LogP contribution in [0.15, 0.2) is 36.4 Å². The summed E-state index contributed by atoms with van der Waals surface area (Å²) in [5.74, 6) is -0.252. The first-order valence-electron chi connectivity index (χ1n) is 11.4. The molecule has 1 aromatic heterocycles. The van der Waals surface area contributed by atoms with Crippen molar-refractivity contribution < 1.29 is 14.4 Å². The fourth-order valence-corrected chi connectivity index (χ4v) is 3.93. The van der Waals surface area contributed by atoms with E-state index in [-0.39, 0.29) is 23.4 Å². The lowest BCUT2D eigenvalue weighted by atomic mass is 10.0. The highest BCUT2D eigenvalue weighted by Gasteiger charge is 2.30. The molecule has 1 aliphatic heterocycles. The Kier molecular flexibility index (Phi) is 6.58. The van der Waals surface area contributed by atoms with Gasteiger partial charge in [0.1, 0.15) is 11.7 Å². The number of fused-ring (bicyclic) bond motifs is 1. The number of nitrogens with zero attached hydrogens (tertiary/aromatic N) is 3. The third-order valence-corrected chi connectivity index (χ3v) is 6.03. The molecule has 0 saturated heterocycles. The van der Waals surface area contributed by atoms with E-state index in [1.54, 1.807) is 15.6 Å². The van der Waals surface area contributed by atoms with Crippen LogP contribution < -0.4 is 10.6 Å². The Bertz CT molecular complexity index is 981. The van der Waals surface area contributed by atoms with Crippen molar-refractivity contribution in [3.8, 4) is 0 Å². The second kappa shape index (κ2) is 9.54. The highest BCUT2D eigenvalue weighted by Crippen LogP contribution is 2.27. The fourth-order valence-electron chi connectivity index (χ4n) is 3.93. The van der Waals surface area contributed by atoms with Crippen LogP contribution in [0.2, 0.25) is 0 Å². The quantitative estimate of drug-likeness (QED) is 0.662. The van der Waals surface area contributed by atoms with E-state index in [0.29, 0.717) is 37.8 Å². The van der Waals surface area contributed by atoms with Gasteiger partial charge in [0.2, 0.25) is 5.91 Å². The molecule has 0 bridgehead atoms. The van der Waals surface area contributed by atoms with E-state index in [1.165, 1.54) is 0 Å². The summed E-state index contributed by atoms with van der Waals surface area (Å²) in [6.07, 6.45) is 3.05. The molecule has 4 rings (SSSR count). The van der Waals surface area contributed by atoms with Crippen molar-refractivity contribution in [2.24, 2.45) is 11.8 Å². The van der Waals surface area contributed by atoms with Gasteiger partial charge in [0.15, 0.2) is 5.69 Å². The number of aryl methyl sites for hydroxylation is 1. The van der Waals surface area contributed by atoms with Gasteiger partial charge >= 0.3 is 0 Å². The molecular weight excluding hydrogens is 406 g/mol. The van der Waals surface area contributed by atoms with Crippen LogP contribution in [0.3, 0.4) is 0 Å². The number of amides is 3. The maximum Gasteiger partial charge on any atom is 0.272 e. The van der Waals surface area contributed by atoms with Crippen molar-refractivity contribution in [3.05, 3.63) is 53.3 Å². The average Bonchev–Trinajstić information content (AvgIpc) is 3.54. The predicted molar refractivity (Wildman–Crippen MR) is 120 cm³/mol. The summed E-state index contributed by atoms with van der Waals surface area (Å²) in [6, 6.07) is 10.7. The second-order valence-electron chi connectivity index (χ2n) is 9.09. The molecule has 8 heteroatoms. The number of nitrogens with one attached hydrogen (secondary N) is 2. The molecule has 0 radical (unpaired) electrons. The molecular formula is C24H31N5O3. The van der Waals surface area contributed by atoms with E-state index < -0.39 is 11.9 Å². The first kappa shape index (κ1) is 22.0. The molecule has 8 nitrogen and oxygen atoms in total.